The van der Waals surface area contributed by atoms with Crippen molar-refractivity contribution in [3.05, 3.63) is 57.7 Å². The number of piperazine rings is 1. The first-order valence-corrected chi connectivity index (χ1v) is 11.0. The second-order valence-electron chi connectivity index (χ2n) is 6.85. The van der Waals surface area contributed by atoms with Gasteiger partial charge in [0.05, 0.1) is 11.4 Å². The number of hydrogen-bond acceptors (Lipinski definition) is 7. The number of fused-ring (bicyclic) bond motifs is 1. The normalized spacial score (nSPS) is 15.3. The number of hydrogen-bond donors (Lipinski definition) is 0. The van der Waals surface area contributed by atoms with E-state index in [1.807, 2.05) is 27.8 Å². The van der Waals surface area contributed by atoms with E-state index >= 15 is 0 Å². The van der Waals surface area contributed by atoms with Gasteiger partial charge in [-0.3, -0.25) is 9.69 Å². The molecule has 0 radical (unpaired) electrons. The molecule has 4 heterocycles. The van der Waals surface area contributed by atoms with Crippen LogP contribution in [-0.4, -0.2) is 52.0 Å². The average Bonchev–Trinajstić information content (AvgIpc) is 3.48. The maximum Gasteiger partial charge on any atom is 0.264 e. The van der Waals surface area contributed by atoms with Crippen LogP contribution in [0.2, 0.25) is 0 Å². The van der Waals surface area contributed by atoms with E-state index in [0.717, 1.165) is 23.4 Å². The molecule has 0 aliphatic carbocycles. The van der Waals surface area contributed by atoms with Crippen LogP contribution < -0.4 is 0 Å². The predicted molar refractivity (Wildman–Crippen MR) is 111 cm³/mol. The molecule has 1 amide bonds. The maximum atomic E-state index is 13.9. The summed E-state index contributed by atoms with van der Waals surface area (Å²) in [7, 11) is 0. The molecule has 148 valence electrons. The van der Waals surface area contributed by atoms with Crippen molar-refractivity contribution in [2.24, 2.45) is 0 Å². The quantitative estimate of drug-likeness (QED) is 0.490. The Bertz CT molecular complexity index is 1150. The number of thiophene rings is 2. The molecule has 0 N–H and O–H groups in total. The largest absolute Gasteiger partial charge is 0.338 e. The van der Waals surface area contributed by atoms with Gasteiger partial charge in [-0.1, -0.05) is 11.2 Å². The van der Waals surface area contributed by atoms with Crippen molar-refractivity contribution in [2.75, 3.05) is 26.2 Å². The molecule has 1 aliphatic rings. The molecule has 0 spiro atoms. The van der Waals surface area contributed by atoms with Crippen molar-refractivity contribution in [2.45, 2.75) is 6.54 Å². The van der Waals surface area contributed by atoms with Gasteiger partial charge in [-0.25, -0.2) is 4.39 Å². The molecule has 3 aromatic heterocycles. The molecule has 1 fully saturated rings. The lowest BCUT2D eigenvalue weighted by atomic mass is 10.2. The Morgan fingerprint density at radius 3 is 2.83 bits per heavy atom. The van der Waals surface area contributed by atoms with Crippen LogP contribution in [0.1, 0.15) is 15.6 Å². The number of halogens is 1. The van der Waals surface area contributed by atoms with Crippen LogP contribution in [0.3, 0.4) is 0 Å². The van der Waals surface area contributed by atoms with E-state index in [1.165, 1.54) is 17.4 Å². The minimum atomic E-state index is -0.288. The summed E-state index contributed by atoms with van der Waals surface area (Å²) in [6.07, 6.45) is 0. The van der Waals surface area contributed by atoms with Gasteiger partial charge in [-0.2, -0.15) is 16.3 Å². The number of aromatic nitrogens is 2. The van der Waals surface area contributed by atoms with Gasteiger partial charge in [0.1, 0.15) is 5.82 Å². The second kappa shape index (κ2) is 7.66. The van der Waals surface area contributed by atoms with Crippen molar-refractivity contribution in [1.82, 2.24) is 19.9 Å². The summed E-state index contributed by atoms with van der Waals surface area (Å²) in [6, 6.07) is 8.55. The first-order valence-electron chi connectivity index (χ1n) is 9.22. The van der Waals surface area contributed by atoms with E-state index in [1.54, 1.807) is 23.5 Å². The standard InChI is InChI=1S/C20H17FN4O2S2/c21-15-2-1-3-16-14(15)10-17(29-16)20(26)25-7-5-24(6-8-25)11-18-22-19(23-27-18)13-4-9-28-12-13/h1-4,9-10,12H,5-8,11H2. The van der Waals surface area contributed by atoms with E-state index in [9.17, 15) is 9.18 Å². The van der Waals surface area contributed by atoms with Crippen LogP contribution in [0.15, 0.2) is 45.6 Å². The molecule has 29 heavy (non-hydrogen) atoms. The molecule has 0 atom stereocenters. The van der Waals surface area contributed by atoms with E-state index in [-0.39, 0.29) is 11.7 Å². The highest BCUT2D eigenvalue weighted by molar-refractivity contribution is 7.20. The van der Waals surface area contributed by atoms with Crippen molar-refractivity contribution >= 4 is 38.7 Å². The van der Waals surface area contributed by atoms with Crippen molar-refractivity contribution in [1.29, 1.82) is 0 Å². The summed E-state index contributed by atoms with van der Waals surface area (Å²) in [5, 5.41) is 8.51. The monoisotopic (exact) mass is 428 g/mol. The first-order chi connectivity index (χ1) is 14.2. The van der Waals surface area contributed by atoms with Crippen LogP contribution in [0.25, 0.3) is 21.5 Å². The fourth-order valence-corrected chi connectivity index (χ4v) is 5.09. The molecule has 1 saturated heterocycles. The van der Waals surface area contributed by atoms with Gasteiger partial charge in [0, 0.05) is 47.2 Å². The van der Waals surface area contributed by atoms with Crippen molar-refractivity contribution in [3.8, 4) is 11.4 Å². The summed E-state index contributed by atoms with van der Waals surface area (Å²) < 4.78 is 20.1. The maximum absolute atomic E-state index is 13.9. The molecule has 0 saturated carbocycles. The van der Waals surface area contributed by atoms with Crippen LogP contribution in [0, 0.1) is 5.82 Å². The number of carbonyl (C=O) groups excluding carboxylic acids is 1. The molecule has 0 unspecified atom stereocenters. The van der Waals surface area contributed by atoms with Gasteiger partial charge in [0.15, 0.2) is 0 Å². The number of benzene rings is 1. The van der Waals surface area contributed by atoms with Gasteiger partial charge in [-0.05, 0) is 29.6 Å². The molecule has 1 aromatic carbocycles. The van der Waals surface area contributed by atoms with E-state index < -0.39 is 0 Å². The Kier molecular flexibility index (Phi) is 4.86. The second-order valence-corrected chi connectivity index (χ2v) is 8.72. The smallest absolute Gasteiger partial charge is 0.264 e. The molecule has 1 aliphatic heterocycles. The molecular weight excluding hydrogens is 411 g/mol. The number of amides is 1. The van der Waals surface area contributed by atoms with Gasteiger partial charge >= 0.3 is 0 Å². The summed E-state index contributed by atoms with van der Waals surface area (Å²) >= 11 is 2.93. The zero-order valence-electron chi connectivity index (χ0n) is 15.4. The SMILES string of the molecule is O=C(c1cc2c(F)cccc2s1)N1CCN(Cc2nc(-c3ccsc3)no2)CC1. The molecule has 0 bridgehead atoms. The number of nitrogens with zero attached hydrogens (tertiary/aromatic N) is 4. The van der Waals surface area contributed by atoms with Crippen molar-refractivity contribution < 1.29 is 13.7 Å². The Balaban J connectivity index is 1.21. The van der Waals surface area contributed by atoms with Gasteiger partial charge in [0.2, 0.25) is 11.7 Å². The van der Waals surface area contributed by atoms with Gasteiger partial charge < -0.3 is 9.42 Å². The average molecular weight is 429 g/mol. The zero-order valence-corrected chi connectivity index (χ0v) is 17.0. The third-order valence-electron chi connectivity index (χ3n) is 4.98. The van der Waals surface area contributed by atoms with E-state index in [0.29, 0.717) is 41.6 Å². The first kappa shape index (κ1) is 18.4. The summed E-state index contributed by atoms with van der Waals surface area (Å²) in [5.41, 5.74) is 0.959. The molecule has 9 heteroatoms. The van der Waals surface area contributed by atoms with Gasteiger partial charge in [0.25, 0.3) is 5.91 Å². The third-order valence-corrected chi connectivity index (χ3v) is 6.76. The highest BCUT2D eigenvalue weighted by Crippen LogP contribution is 2.29. The van der Waals surface area contributed by atoms with Crippen LogP contribution >= 0.6 is 22.7 Å². The van der Waals surface area contributed by atoms with Gasteiger partial charge in [-0.15, -0.1) is 11.3 Å². The molecule has 4 aromatic rings. The number of carbonyl (C=O) groups is 1. The topological polar surface area (TPSA) is 62.5 Å². The molecule has 6 nitrogen and oxygen atoms in total. The Morgan fingerprint density at radius 1 is 1.21 bits per heavy atom. The summed E-state index contributed by atoms with van der Waals surface area (Å²) in [4.78, 5) is 21.9. The Labute approximate surface area is 174 Å². The van der Waals surface area contributed by atoms with Crippen LogP contribution in [-0.2, 0) is 6.54 Å². The summed E-state index contributed by atoms with van der Waals surface area (Å²) in [5.74, 6) is 0.852. The third kappa shape index (κ3) is 3.68. The van der Waals surface area contributed by atoms with Crippen LogP contribution in [0.4, 0.5) is 4.39 Å². The van der Waals surface area contributed by atoms with Crippen molar-refractivity contribution in [3.63, 3.8) is 0 Å². The predicted octanol–water partition coefficient (Wildman–Crippen LogP) is 4.11. The highest BCUT2D eigenvalue weighted by atomic mass is 32.1. The van der Waals surface area contributed by atoms with Crippen LogP contribution in [0.5, 0.6) is 0 Å². The fraction of sp³-hybridized carbons (Fsp3) is 0.250. The Morgan fingerprint density at radius 2 is 2.07 bits per heavy atom. The minimum Gasteiger partial charge on any atom is -0.338 e. The minimum absolute atomic E-state index is 0.0391. The lowest BCUT2D eigenvalue weighted by Crippen LogP contribution is -2.48. The van der Waals surface area contributed by atoms with E-state index in [2.05, 4.69) is 15.0 Å². The lowest BCUT2D eigenvalue weighted by Gasteiger charge is -2.33. The molecular formula is C20H17FN4O2S2. The zero-order chi connectivity index (χ0) is 19.8. The number of rotatable bonds is 4. The molecule has 5 rings (SSSR count). The Hall–Kier alpha value is -2.62. The lowest BCUT2D eigenvalue weighted by molar-refractivity contribution is 0.0620. The van der Waals surface area contributed by atoms with E-state index in [4.69, 9.17) is 4.52 Å². The summed E-state index contributed by atoms with van der Waals surface area (Å²) in [6.45, 7) is 3.23. The fourth-order valence-electron chi connectivity index (χ4n) is 3.41. The highest BCUT2D eigenvalue weighted by Gasteiger charge is 2.25.